The Hall–Kier alpha value is -3.39. The molecule has 1 amide bonds. The molecule has 0 bridgehead atoms. The lowest BCUT2D eigenvalue weighted by atomic mass is 10.2. The predicted octanol–water partition coefficient (Wildman–Crippen LogP) is 5.03. The van der Waals surface area contributed by atoms with E-state index in [1.54, 1.807) is 34.7 Å². The van der Waals surface area contributed by atoms with Crippen LogP contribution in [0.25, 0.3) is 17.1 Å². The topological polar surface area (TPSA) is 64.2 Å². The van der Waals surface area contributed by atoms with E-state index in [2.05, 4.69) is 10.2 Å². The molecule has 32 heavy (non-hydrogen) atoms. The van der Waals surface area contributed by atoms with Crippen LogP contribution in [0, 0.1) is 19.7 Å². The molecule has 0 aliphatic rings. The largest absolute Gasteiger partial charge is 0.464 e. The van der Waals surface area contributed by atoms with E-state index in [-0.39, 0.29) is 17.5 Å². The van der Waals surface area contributed by atoms with Crippen molar-refractivity contribution in [3.63, 3.8) is 0 Å². The standard InChI is InChI=1S/C24H23FN4O2S/c1-16-8-11-18(12-9-16)29-23(20-6-4-5-7-21(20)25)26-27-24(29)32-15-22(30)28(3)14-19-13-10-17(2)31-19/h4-13H,14-15H2,1-3H3. The highest BCUT2D eigenvalue weighted by atomic mass is 32.2. The lowest BCUT2D eigenvalue weighted by Crippen LogP contribution is -2.27. The van der Waals surface area contributed by atoms with Crippen molar-refractivity contribution in [1.82, 2.24) is 19.7 Å². The van der Waals surface area contributed by atoms with Crippen molar-refractivity contribution in [2.75, 3.05) is 12.8 Å². The minimum Gasteiger partial charge on any atom is -0.464 e. The molecule has 2 heterocycles. The van der Waals surface area contributed by atoms with Crippen LogP contribution >= 0.6 is 11.8 Å². The van der Waals surface area contributed by atoms with Gasteiger partial charge in [0, 0.05) is 12.7 Å². The van der Waals surface area contributed by atoms with Crippen molar-refractivity contribution >= 4 is 17.7 Å². The van der Waals surface area contributed by atoms with E-state index in [0.29, 0.717) is 23.1 Å². The van der Waals surface area contributed by atoms with Gasteiger partial charge >= 0.3 is 0 Å². The zero-order valence-electron chi connectivity index (χ0n) is 18.1. The van der Waals surface area contributed by atoms with E-state index in [1.807, 2.05) is 50.2 Å². The van der Waals surface area contributed by atoms with Gasteiger partial charge in [0.1, 0.15) is 17.3 Å². The number of halogens is 1. The minimum atomic E-state index is -0.380. The van der Waals surface area contributed by atoms with Crippen molar-refractivity contribution in [2.45, 2.75) is 25.5 Å². The monoisotopic (exact) mass is 450 g/mol. The molecule has 0 saturated heterocycles. The number of nitrogens with zero attached hydrogens (tertiary/aromatic N) is 4. The Morgan fingerprint density at radius 2 is 1.81 bits per heavy atom. The Morgan fingerprint density at radius 3 is 2.50 bits per heavy atom. The summed E-state index contributed by atoms with van der Waals surface area (Å²) in [6.45, 7) is 4.25. The summed E-state index contributed by atoms with van der Waals surface area (Å²) in [7, 11) is 1.73. The molecular formula is C24H23FN4O2S. The van der Waals surface area contributed by atoms with Crippen LogP contribution in [0.5, 0.6) is 0 Å². The second-order valence-electron chi connectivity index (χ2n) is 7.51. The fourth-order valence-corrected chi connectivity index (χ4v) is 4.13. The summed E-state index contributed by atoms with van der Waals surface area (Å²) in [4.78, 5) is 14.3. The summed E-state index contributed by atoms with van der Waals surface area (Å²) in [6, 6.07) is 18.0. The molecule has 8 heteroatoms. The quantitative estimate of drug-likeness (QED) is 0.369. The molecule has 2 aromatic heterocycles. The lowest BCUT2D eigenvalue weighted by Gasteiger charge is -2.16. The number of carbonyl (C=O) groups is 1. The summed E-state index contributed by atoms with van der Waals surface area (Å²) in [6.07, 6.45) is 0. The lowest BCUT2D eigenvalue weighted by molar-refractivity contribution is -0.127. The van der Waals surface area contributed by atoms with E-state index in [9.17, 15) is 9.18 Å². The Morgan fingerprint density at radius 1 is 1.06 bits per heavy atom. The number of rotatable bonds is 7. The smallest absolute Gasteiger partial charge is 0.233 e. The predicted molar refractivity (Wildman–Crippen MR) is 122 cm³/mol. The number of thioether (sulfide) groups is 1. The molecule has 0 N–H and O–H groups in total. The van der Waals surface area contributed by atoms with E-state index in [1.165, 1.54) is 17.8 Å². The van der Waals surface area contributed by atoms with Gasteiger partial charge in [-0.05, 0) is 50.2 Å². The van der Waals surface area contributed by atoms with E-state index >= 15 is 0 Å². The maximum absolute atomic E-state index is 14.5. The van der Waals surface area contributed by atoms with Gasteiger partial charge in [0.2, 0.25) is 5.91 Å². The van der Waals surface area contributed by atoms with Crippen LogP contribution in [0.3, 0.4) is 0 Å². The summed E-state index contributed by atoms with van der Waals surface area (Å²) >= 11 is 1.26. The van der Waals surface area contributed by atoms with Crippen LogP contribution in [-0.4, -0.2) is 38.4 Å². The molecule has 0 saturated carbocycles. The maximum atomic E-state index is 14.5. The van der Waals surface area contributed by atoms with Crippen molar-refractivity contribution < 1.29 is 13.6 Å². The maximum Gasteiger partial charge on any atom is 0.233 e. The molecule has 4 aromatic rings. The number of aromatic nitrogens is 3. The molecule has 0 aliphatic carbocycles. The Labute approximate surface area is 190 Å². The molecule has 2 aromatic carbocycles. The zero-order valence-corrected chi connectivity index (χ0v) is 18.9. The normalized spacial score (nSPS) is 11.0. The molecule has 164 valence electrons. The molecule has 0 spiro atoms. The third-order valence-electron chi connectivity index (χ3n) is 4.98. The van der Waals surface area contributed by atoms with Crippen molar-refractivity contribution in [1.29, 1.82) is 0 Å². The van der Waals surface area contributed by atoms with Gasteiger partial charge in [-0.1, -0.05) is 41.6 Å². The van der Waals surface area contributed by atoms with E-state index in [4.69, 9.17) is 4.42 Å². The molecule has 0 fully saturated rings. The zero-order chi connectivity index (χ0) is 22.7. The SMILES string of the molecule is Cc1ccc(-n2c(SCC(=O)N(C)Cc3ccc(C)o3)nnc2-c2ccccc2F)cc1. The second kappa shape index (κ2) is 9.40. The van der Waals surface area contributed by atoms with Gasteiger partial charge in [0.05, 0.1) is 17.9 Å². The highest BCUT2D eigenvalue weighted by molar-refractivity contribution is 7.99. The van der Waals surface area contributed by atoms with Crippen molar-refractivity contribution in [2.24, 2.45) is 0 Å². The first-order valence-electron chi connectivity index (χ1n) is 10.1. The van der Waals surface area contributed by atoms with Gasteiger partial charge in [0.15, 0.2) is 11.0 Å². The first-order chi connectivity index (χ1) is 15.4. The van der Waals surface area contributed by atoms with Crippen LogP contribution in [0.15, 0.2) is 70.2 Å². The average molecular weight is 451 g/mol. The Bertz CT molecular complexity index is 1230. The third kappa shape index (κ3) is 4.75. The van der Waals surface area contributed by atoms with E-state index < -0.39 is 0 Å². The van der Waals surface area contributed by atoms with Gasteiger partial charge < -0.3 is 9.32 Å². The number of carbonyl (C=O) groups excluding carboxylic acids is 1. The number of furan rings is 1. The number of hydrogen-bond acceptors (Lipinski definition) is 5. The van der Waals surface area contributed by atoms with Crippen molar-refractivity contribution in [3.8, 4) is 17.1 Å². The van der Waals surface area contributed by atoms with E-state index in [0.717, 1.165) is 22.8 Å². The van der Waals surface area contributed by atoms with Crippen LogP contribution in [0.4, 0.5) is 4.39 Å². The molecule has 0 radical (unpaired) electrons. The molecule has 0 aliphatic heterocycles. The van der Waals surface area contributed by atoms with Crippen LogP contribution < -0.4 is 0 Å². The van der Waals surface area contributed by atoms with Gasteiger partial charge in [0.25, 0.3) is 0 Å². The summed E-state index contributed by atoms with van der Waals surface area (Å²) in [5.41, 5.74) is 2.26. The first kappa shape index (κ1) is 21.8. The average Bonchev–Trinajstić information content (AvgIpc) is 3.38. The number of aryl methyl sites for hydroxylation is 2. The highest BCUT2D eigenvalue weighted by Gasteiger charge is 2.20. The van der Waals surface area contributed by atoms with Gasteiger partial charge in [-0.25, -0.2) is 4.39 Å². The molecular weight excluding hydrogens is 427 g/mol. The molecule has 6 nitrogen and oxygen atoms in total. The summed E-state index contributed by atoms with van der Waals surface area (Å²) in [5, 5.41) is 9.04. The van der Waals surface area contributed by atoms with Crippen LogP contribution in [0.2, 0.25) is 0 Å². The Kier molecular flexibility index (Phi) is 6.41. The third-order valence-corrected chi connectivity index (χ3v) is 5.89. The highest BCUT2D eigenvalue weighted by Crippen LogP contribution is 2.29. The fraction of sp³-hybridized carbons (Fsp3) is 0.208. The number of benzene rings is 2. The first-order valence-corrected chi connectivity index (χ1v) is 11.1. The number of hydrogen-bond donors (Lipinski definition) is 0. The van der Waals surface area contributed by atoms with Gasteiger partial charge in [-0.2, -0.15) is 0 Å². The van der Waals surface area contributed by atoms with Crippen molar-refractivity contribution in [3.05, 3.63) is 83.6 Å². The molecule has 4 rings (SSSR count). The number of amides is 1. The Balaban J connectivity index is 1.59. The minimum absolute atomic E-state index is 0.0741. The van der Waals surface area contributed by atoms with Gasteiger partial charge in [-0.3, -0.25) is 9.36 Å². The van der Waals surface area contributed by atoms with Crippen LogP contribution in [0.1, 0.15) is 17.1 Å². The van der Waals surface area contributed by atoms with Crippen LogP contribution in [-0.2, 0) is 11.3 Å². The summed E-state index contributed by atoms with van der Waals surface area (Å²) < 4.78 is 21.9. The molecule has 0 unspecified atom stereocenters. The molecule has 0 atom stereocenters. The second-order valence-corrected chi connectivity index (χ2v) is 8.45. The fourth-order valence-electron chi connectivity index (χ4n) is 3.24. The van der Waals surface area contributed by atoms with Gasteiger partial charge in [-0.15, -0.1) is 10.2 Å². The summed E-state index contributed by atoms with van der Waals surface area (Å²) in [5.74, 6) is 1.64.